The zero-order valence-electron chi connectivity index (χ0n) is 24.9. The van der Waals surface area contributed by atoms with Gasteiger partial charge in [-0.05, 0) is 63.5 Å². The Morgan fingerprint density at radius 2 is 1.59 bits per heavy atom. The molecular weight excluding hydrogens is 540 g/mol. The van der Waals surface area contributed by atoms with E-state index < -0.39 is 0 Å². The molecule has 3 aliphatic heterocycles. The van der Waals surface area contributed by atoms with Gasteiger partial charge in [0.25, 0.3) is 0 Å². The molecule has 5 unspecified atom stereocenters. The number of quaternary nitrogens is 1. The first-order chi connectivity index (χ1) is 21.7. The maximum Gasteiger partial charge on any atom is 0.198 e. The minimum atomic E-state index is -0.174. The number of piperidine rings is 3. The molecule has 5 atom stereocenters. The van der Waals surface area contributed by atoms with Crippen molar-refractivity contribution in [3.8, 4) is 5.75 Å². The highest BCUT2D eigenvalue weighted by Gasteiger charge is 2.57. The van der Waals surface area contributed by atoms with E-state index in [1.807, 2.05) is 6.20 Å². The average molecular weight is 578 g/mol. The summed E-state index contributed by atoms with van der Waals surface area (Å²) in [5, 5.41) is 5.95. The van der Waals surface area contributed by atoms with Gasteiger partial charge in [0.1, 0.15) is 19.2 Å². The molecule has 0 N–H and O–H groups in total. The highest BCUT2D eigenvalue weighted by atomic mass is 16.7. The highest BCUT2D eigenvalue weighted by Crippen LogP contribution is 2.49. The molecule has 3 saturated heterocycles. The van der Waals surface area contributed by atoms with Crippen LogP contribution in [0.3, 0.4) is 0 Å². The van der Waals surface area contributed by atoms with Gasteiger partial charge in [0, 0.05) is 35.7 Å². The Morgan fingerprint density at radius 1 is 0.818 bits per heavy atom. The molecule has 44 heavy (non-hydrogen) atoms. The molecule has 218 valence electrons. The van der Waals surface area contributed by atoms with E-state index in [2.05, 4.69) is 128 Å². The number of pyridine rings is 1. The van der Waals surface area contributed by atoms with Crippen LogP contribution in [0.4, 0.5) is 0 Å². The lowest BCUT2D eigenvalue weighted by molar-refractivity contribution is -1.11. The van der Waals surface area contributed by atoms with Gasteiger partial charge in [-0.1, -0.05) is 91.0 Å². The SMILES string of the molecule is C=CC1C[N+]2(Oc3cccc4cc5ccccc5cc34)CCC1CC2C(OCc1ccccc1)c1ccnc2ccccc12. The third-order valence-electron chi connectivity index (χ3n) is 10.1. The molecule has 3 fully saturated rings. The predicted octanol–water partition coefficient (Wildman–Crippen LogP) is 9.20. The van der Waals surface area contributed by atoms with E-state index in [1.54, 1.807) is 0 Å². The first kappa shape index (κ1) is 27.1. The first-order valence-electron chi connectivity index (χ1n) is 15.8. The molecule has 0 aliphatic carbocycles. The van der Waals surface area contributed by atoms with Crippen molar-refractivity contribution in [2.75, 3.05) is 13.1 Å². The summed E-state index contributed by atoms with van der Waals surface area (Å²) in [7, 11) is 0. The maximum absolute atomic E-state index is 7.40. The van der Waals surface area contributed by atoms with Gasteiger partial charge in [-0.2, -0.15) is 0 Å². The number of nitrogens with zero attached hydrogens (tertiary/aromatic N) is 2. The summed E-state index contributed by atoms with van der Waals surface area (Å²) in [6.45, 7) is 6.63. The topological polar surface area (TPSA) is 31.4 Å². The lowest BCUT2D eigenvalue weighted by Crippen LogP contribution is -2.69. The molecule has 2 bridgehead atoms. The van der Waals surface area contributed by atoms with Crippen molar-refractivity contribution < 1.29 is 14.2 Å². The van der Waals surface area contributed by atoms with Gasteiger partial charge in [-0.3, -0.25) is 4.98 Å². The number of hydrogen-bond acceptors (Lipinski definition) is 3. The van der Waals surface area contributed by atoms with Crippen molar-refractivity contribution in [2.45, 2.75) is 31.6 Å². The number of fused-ring (bicyclic) bond motifs is 6. The molecule has 0 amide bonds. The fraction of sp³-hybridized carbons (Fsp3) is 0.225. The van der Waals surface area contributed by atoms with Crippen LogP contribution in [0, 0.1) is 11.8 Å². The molecule has 9 rings (SSSR count). The summed E-state index contributed by atoms with van der Waals surface area (Å²) in [6.07, 6.45) is 6.05. The summed E-state index contributed by atoms with van der Waals surface area (Å²) in [5.41, 5.74) is 3.35. The number of hydrogen-bond donors (Lipinski definition) is 0. The Bertz CT molecular complexity index is 1970. The van der Waals surface area contributed by atoms with Crippen LogP contribution < -0.4 is 4.84 Å². The summed E-state index contributed by atoms with van der Waals surface area (Å²) < 4.78 is 7.57. The molecule has 4 heterocycles. The quantitative estimate of drug-likeness (QED) is 0.103. The molecule has 4 heteroatoms. The second-order valence-corrected chi connectivity index (χ2v) is 12.5. The average Bonchev–Trinajstić information content (AvgIpc) is 3.08. The molecule has 0 saturated carbocycles. The predicted molar refractivity (Wildman–Crippen MR) is 178 cm³/mol. The molecule has 6 aromatic rings. The third kappa shape index (κ3) is 4.75. The molecule has 4 nitrogen and oxygen atoms in total. The highest BCUT2D eigenvalue weighted by molar-refractivity contribution is 6.00. The minimum Gasteiger partial charge on any atom is -0.362 e. The summed E-state index contributed by atoms with van der Waals surface area (Å²) >= 11 is 0. The fourth-order valence-corrected chi connectivity index (χ4v) is 7.83. The number of ether oxygens (including phenoxy) is 1. The minimum absolute atomic E-state index is 0.107. The Balaban J connectivity index is 1.26. The standard InChI is InChI=1S/C40H37N2O2/c1-2-29-26-42(44-39-18-10-15-33-23-30-13-6-7-14-31(30)24-36(33)39)22-20-32(29)25-38(42)40(43-27-28-11-4-3-5-12-28)35-19-21-41-37-17-9-8-16-34(35)37/h2-19,21,23-24,29,32,38,40H,1,20,22,25-27H2/q+1. The van der Waals surface area contributed by atoms with Crippen molar-refractivity contribution in [3.63, 3.8) is 0 Å². The Hall–Kier alpha value is -4.51. The number of hydroxylamine groups is 3. The molecule has 1 aromatic heterocycles. The number of benzene rings is 5. The van der Waals surface area contributed by atoms with Crippen molar-refractivity contribution in [2.24, 2.45) is 11.8 Å². The lowest BCUT2D eigenvalue weighted by atomic mass is 9.73. The normalized spacial score (nSPS) is 23.6. The first-order valence-corrected chi connectivity index (χ1v) is 15.8. The molecule has 0 radical (unpaired) electrons. The molecule has 5 aromatic carbocycles. The van der Waals surface area contributed by atoms with Gasteiger partial charge < -0.3 is 9.57 Å². The van der Waals surface area contributed by atoms with E-state index in [9.17, 15) is 0 Å². The van der Waals surface area contributed by atoms with E-state index >= 15 is 0 Å². The van der Waals surface area contributed by atoms with Crippen LogP contribution in [0.1, 0.15) is 30.1 Å². The van der Waals surface area contributed by atoms with Crippen LogP contribution in [0.15, 0.2) is 134 Å². The van der Waals surface area contributed by atoms with Crippen LogP contribution in [0.2, 0.25) is 0 Å². The summed E-state index contributed by atoms with van der Waals surface area (Å²) in [4.78, 5) is 12.1. The van der Waals surface area contributed by atoms with Crippen molar-refractivity contribution in [1.82, 2.24) is 4.98 Å². The van der Waals surface area contributed by atoms with Gasteiger partial charge >= 0.3 is 0 Å². The van der Waals surface area contributed by atoms with E-state index in [0.717, 1.165) is 48.0 Å². The summed E-state index contributed by atoms with van der Waals surface area (Å²) in [6, 6.07) is 40.8. The molecular formula is C40H37N2O2+. The number of aromatic nitrogens is 1. The van der Waals surface area contributed by atoms with Crippen LogP contribution in [-0.4, -0.2) is 28.8 Å². The smallest absolute Gasteiger partial charge is 0.198 e. The van der Waals surface area contributed by atoms with Gasteiger partial charge in [0.15, 0.2) is 11.8 Å². The van der Waals surface area contributed by atoms with E-state index in [-0.39, 0.29) is 12.1 Å². The van der Waals surface area contributed by atoms with Crippen LogP contribution >= 0.6 is 0 Å². The van der Waals surface area contributed by atoms with Crippen LogP contribution in [-0.2, 0) is 11.3 Å². The fourth-order valence-electron chi connectivity index (χ4n) is 7.83. The van der Waals surface area contributed by atoms with Crippen molar-refractivity contribution in [3.05, 3.63) is 145 Å². The Kier molecular flexibility index (Phi) is 6.89. The molecule has 0 spiro atoms. The monoisotopic (exact) mass is 577 g/mol. The van der Waals surface area contributed by atoms with Gasteiger partial charge in [0.05, 0.1) is 12.1 Å². The van der Waals surface area contributed by atoms with Gasteiger partial charge in [-0.15, -0.1) is 11.2 Å². The molecule has 3 aliphatic rings. The van der Waals surface area contributed by atoms with Gasteiger partial charge in [-0.25, -0.2) is 0 Å². The largest absolute Gasteiger partial charge is 0.362 e. The van der Waals surface area contributed by atoms with Crippen molar-refractivity contribution >= 4 is 32.4 Å². The summed E-state index contributed by atoms with van der Waals surface area (Å²) in [5.74, 6) is 1.90. The second-order valence-electron chi connectivity index (χ2n) is 12.5. The van der Waals surface area contributed by atoms with Gasteiger partial charge in [0.2, 0.25) is 0 Å². The van der Waals surface area contributed by atoms with E-state index in [1.165, 1.54) is 27.3 Å². The van der Waals surface area contributed by atoms with Crippen LogP contribution in [0.25, 0.3) is 32.4 Å². The number of para-hydroxylation sites is 1. The maximum atomic E-state index is 7.40. The Labute approximate surface area is 258 Å². The second kappa shape index (κ2) is 11.2. The Morgan fingerprint density at radius 3 is 2.45 bits per heavy atom. The zero-order valence-corrected chi connectivity index (χ0v) is 24.9. The van der Waals surface area contributed by atoms with Crippen molar-refractivity contribution in [1.29, 1.82) is 0 Å². The van der Waals surface area contributed by atoms with E-state index in [0.29, 0.717) is 23.1 Å². The zero-order chi connectivity index (χ0) is 29.5. The number of rotatable bonds is 8. The lowest BCUT2D eigenvalue weighted by Gasteiger charge is -2.55. The third-order valence-corrected chi connectivity index (χ3v) is 10.1. The van der Waals surface area contributed by atoms with Crippen LogP contribution in [0.5, 0.6) is 5.75 Å². The van der Waals surface area contributed by atoms with E-state index in [4.69, 9.17) is 14.6 Å².